The lowest BCUT2D eigenvalue weighted by Crippen LogP contribution is -2.16. The minimum atomic E-state index is -0.833. The predicted octanol–water partition coefficient (Wildman–Crippen LogP) is 8.72. The van der Waals surface area contributed by atoms with Crippen LogP contribution < -0.4 is 0 Å². The summed E-state index contributed by atoms with van der Waals surface area (Å²) in [5.41, 5.74) is 0. The van der Waals surface area contributed by atoms with Crippen molar-refractivity contribution >= 4 is 23.9 Å². The van der Waals surface area contributed by atoms with Gasteiger partial charge in [0.25, 0.3) is 11.9 Å². The van der Waals surface area contributed by atoms with Gasteiger partial charge in [-0.15, -0.1) is 0 Å². The van der Waals surface area contributed by atoms with Crippen LogP contribution in [0.4, 0.5) is 0 Å². The molecule has 4 rings (SSSR count). The van der Waals surface area contributed by atoms with Gasteiger partial charge in [0.05, 0.1) is 36.1 Å². The van der Waals surface area contributed by atoms with Crippen molar-refractivity contribution in [2.75, 3.05) is 0 Å². The summed E-state index contributed by atoms with van der Waals surface area (Å²) in [6.45, 7) is 5.03. The van der Waals surface area contributed by atoms with Gasteiger partial charge in [-0.2, -0.15) is 21.0 Å². The molecule has 0 atom stereocenters. The molecule has 0 aliphatic heterocycles. The highest BCUT2D eigenvalue weighted by molar-refractivity contribution is 5.70. The normalized spacial score (nSPS) is 17.0. The fourth-order valence-electron chi connectivity index (χ4n) is 5.16. The maximum atomic E-state index is 10.4. The molecule has 0 unspecified atom stereocenters. The zero-order valence-corrected chi connectivity index (χ0v) is 29.7. The number of carbonyl (C=O) groups is 4. The van der Waals surface area contributed by atoms with Crippen LogP contribution in [0.25, 0.3) is 0 Å². The molecule has 4 N–H and O–H groups in total. The lowest BCUT2D eigenvalue weighted by molar-refractivity contribution is -0.143. The van der Waals surface area contributed by atoms with Crippen LogP contribution in [0, 0.1) is 69.0 Å². The standard InChI is InChI=1S/2C7H11N.2C7H12O2.2C2H3N.2C2H4O2/c2*8-6-7-4-2-1-3-5-7;2*8-7(9)6-4-2-1-3-5-6;2*1-2-3;2*1-2(3)4/h2*7H,1-5H2;2*6H,1-5H2,(H,8,9);2*1H3;2*1H3,(H,3,4). The molecule has 4 fully saturated rings. The van der Waals surface area contributed by atoms with Crippen LogP contribution in [0.2, 0.25) is 0 Å². The molecule has 0 aromatic rings. The van der Waals surface area contributed by atoms with E-state index in [0.717, 1.165) is 90.9 Å². The average Bonchev–Trinajstić information content (AvgIpc) is 3.07. The van der Waals surface area contributed by atoms with E-state index in [1.807, 2.05) is 0 Å². The van der Waals surface area contributed by atoms with E-state index in [-0.39, 0.29) is 11.8 Å². The van der Waals surface area contributed by atoms with E-state index in [2.05, 4.69) is 12.1 Å². The van der Waals surface area contributed by atoms with Gasteiger partial charge in [-0.05, 0) is 51.4 Å². The molecular weight excluding hydrogens is 616 g/mol. The first-order chi connectivity index (χ1) is 22.8. The monoisotopic (exact) mass is 676 g/mol. The maximum absolute atomic E-state index is 10.4. The Bertz CT molecular complexity index is 895. The molecule has 48 heavy (non-hydrogen) atoms. The highest BCUT2D eigenvalue weighted by Gasteiger charge is 2.20. The minimum absolute atomic E-state index is 0.0289. The van der Waals surface area contributed by atoms with Crippen LogP contribution in [-0.4, -0.2) is 44.3 Å². The average molecular weight is 677 g/mol. The minimum Gasteiger partial charge on any atom is -0.481 e. The Morgan fingerprint density at radius 2 is 0.604 bits per heavy atom. The topological polar surface area (TPSA) is 244 Å². The van der Waals surface area contributed by atoms with E-state index in [4.69, 9.17) is 51.1 Å². The van der Waals surface area contributed by atoms with Gasteiger partial charge < -0.3 is 20.4 Å². The molecule has 0 aromatic heterocycles. The third-order valence-electron chi connectivity index (χ3n) is 7.48. The van der Waals surface area contributed by atoms with Crippen LogP contribution in [0.1, 0.15) is 156 Å². The van der Waals surface area contributed by atoms with Crippen LogP contribution in [-0.2, 0) is 19.2 Å². The lowest BCUT2D eigenvalue weighted by Gasteiger charge is -2.16. The van der Waals surface area contributed by atoms with Crippen molar-refractivity contribution in [2.45, 2.75) is 156 Å². The number of rotatable bonds is 2. The number of nitrogens with zero attached hydrogens (tertiary/aromatic N) is 4. The maximum Gasteiger partial charge on any atom is 0.306 e. The Morgan fingerprint density at radius 1 is 0.438 bits per heavy atom. The molecule has 0 spiro atoms. The Morgan fingerprint density at radius 3 is 0.708 bits per heavy atom. The van der Waals surface area contributed by atoms with Crippen molar-refractivity contribution in [1.82, 2.24) is 0 Å². The highest BCUT2D eigenvalue weighted by atomic mass is 16.4. The van der Waals surface area contributed by atoms with Gasteiger partial charge in [-0.3, -0.25) is 19.2 Å². The summed E-state index contributed by atoms with van der Waals surface area (Å²) in [7, 11) is 0. The van der Waals surface area contributed by atoms with Gasteiger partial charge >= 0.3 is 11.9 Å². The van der Waals surface area contributed by atoms with E-state index in [0.29, 0.717) is 11.8 Å². The second-order valence-electron chi connectivity index (χ2n) is 11.8. The molecule has 0 saturated heterocycles. The summed E-state index contributed by atoms with van der Waals surface area (Å²) in [5, 5.41) is 63.4. The molecule has 4 aliphatic carbocycles. The molecule has 0 bridgehead atoms. The largest absolute Gasteiger partial charge is 0.481 e. The van der Waals surface area contributed by atoms with E-state index < -0.39 is 23.9 Å². The van der Waals surface area contributed by atoms with Crippen molar-refractivity contribution in [2.24, 2.45) is 23.7 Å². The van der Waals surface area contributed by atoms with Gasteiger partial charge in [-0.1, -0.05) is 77.0 Å². The first-order valence-corrected chi connectivity index (χ1v) is 17.0. The van der Waals surface area contributed by atoms with Crippen LogP contribution in [0.15, 0.2) is 0 Å². The number of nitriles is 4. The van der Waals surface area contributed by atoms with Gasteiger partial charge in [0, 0.05) is 39.5 Å². The Kier molecular flexibility index (Phi) is 41.2. The first kappa shape index (κ1) is 50.7. The van der Waals surface area contributed by atoms with Crippen molar-refractivity contribution in [1.29, 1.82) is 21.0 Å². The highest BCUT2D eigenvalue weighted by Crippen LogP contribution is 2.24. The molecule has 12 nitrogen and oxygen atoms in total. The van der Waals surface area contributed by atoms with Crippen LogP contribution >= 0.6 is 0 Å². The summed E-state index contributed by atoms with van der Waals surface area (Å²) < 4.78 is 0. The van der Waals surface area contributed by atoms with Crippen molar-refractivity contribution in [3.8, 4) is 24.3 Å². The fourth-order valence-corrected chi connectivity index (χ4v) is 5.16. The van der Waals surface area contributed by atoms with Crippen LogP contribution in [0.3, 0.4) is 0 Å². The van der Waals surface area contributed by atoms with Gasteiger partial charge in [-0.25, -0.2) is 0 Å². The zero-order valence-electron chi connectivity index (χ0n) is 29.7. The predicted molar refractivity (Wildman–Crippen MR) is 182 cm³/mol. The van der Waals surface area contributed by atoms with Crippen LogP contribution in [0.5, 0.6) is 0 Å². The number of carboxylic acid groups (broad SMARTS) is 4. The van der Waals surface area contributed by atoms with Gasteiger partial charge in [0.1, 0.15) is 0 Å². The summed E-state index contributed by atoms with van der Waals surface area (Å²) in [6, 6.07) is 8.11. The molecule has 0 radical (unpaired) electrons. The molecule has 0 amide bonds. The third kappa shape index (κ3) is 44.0. The van der Waals surface area contributed by atoms with Crippen molar-refractivity contribution in [3.63, 3.8) is 0 Å². The Balaban J connectivity index is -0.000000239. The SMILES string of the molecule is CC#N.CC#N.CC(=O)O.CC(=O)O.N#CC1CCCCC1.N#CC1CCCCC1.O=C(O)C1CCCCC1.O=C(O)C1CCCCC1. The molecular formula is C36H60N4O8. The molecule has 272 valence electrons. The third-order valence-corrected chi connectivity index (χ3v) is 7.48. The molecule has 0 aromatic carbocycles. The lowest BCUT2D eigenvalue weighted by atomic mass is 9.90. The zero-order chi connectivity index (χ0) is 37.6. The van der Waals surface area contributed by atoms with E-state index >= 15 is 0 Å². The number of carboxylic acids is 4. The summed E-state index contributed by atoms with van der Waals surface area (Å²) >= 11 is 0. The Labute approximate surface area is 288 Å². The Hall–Kier alpha value is -4.16. The molecule has 12 heteroatoms. The van der Waals surface area contributed by atoms with Crippen molar-refractivity contribution < 1.29 is 39.6 Å². The fraction of sp³-hybridized carbons (Fsp3) is 0.778. The summed E-state index contributed by atoms with van der Waals surface area (Å²) in [5.74, 6) is -2.14. The molecule has 0 heterocycles. The molecule has 4 aliphatic rings. The summed E-state index contributed by atoms with van der Waals surface area (Å²) in [4.78, 5) is 38.7. The molecule has 4 saturated carbocycles. The quantitative estimate of drug-likeness (QED) is 0.214. The smallest absolute Gasteiger partial charge is 0.306 e. The summed E-state index contributed by atoms with van der Waals surface area (Å²) in [6.07, 6.45) is 22.9. The van der Waals surface area contributed by atoms with E-state index in [9.17, 15) is 9.59 Å². The van der Waals surface area contributed by atoms with Gasteiger partial charge in [0.2, 0.25) is 0 Å². The van der Waals surface area contributed by atoms with Crippen molar-refractivity contribution in [3.05, 3.63) is 0 Å². The second kappa shape index (κ2) is 39.0. The van der Waals surface area contributed by atoms with E-state index in [1.165, 1.54) is 65.2 Å². The number of aliphatic carboxylic acids is 4. The number of hydrogen-bond acceptors (Lipinski definition) is 8. The second-order valence-corrected chi connectivity index (χ2v) is 11.8. The first-order valence-electron chi connectivity index (χ1n) is 17.0. The van der Waals surface area contributed by atoms with Gasteiger partial charge in [0.15, 0.2) is 0 Å². The van der Waals surface area contributed by atoms with E-state index in [1.54, 1.807) is 12.1 Å². The number of hydrogen-bond donors (Lipinski definition) is 4.